The molecule has 0 spiro atoms. The maximum absolute atomic E-state index is 9.09. The fourth-order valence-corrected chi connectivity index (χ4v) is 6.81. The van der Waals surface area contributed by atoms with Crippen molar-refractivity contribution in [3.8, 4) is 0 Å². The van der Waals surface area contributed by atoms with Crippen LogP contribution in [0.15, 0.2) is 130 Å². The van der Waals surface area contributed by atoms with Crippen molar-refractivity contribution in [2.45, 2.75) is 26.2 Å². The number of hydrogen-bond donors (Lipinski definition) is 0. The normalized spacial score (nSPS) is 15.4. The largest absolute Gasteiger partial charge is 0.425 e. The Bertz CT molecular complexity index is 2450. The smallest absolute Gasteiger partial charge is 0.299 e. The second-order valence-electron chi connectivity index (χ2n) is 12.2. The lowest BCUT2D eigenvalue weighted by molar-refractivity contribution is 0.504. The summed E-state index contributed by atoms with van der Waals surface area (Å²) in [5, 5.41) is 1.85. The van der Waals surface area contributed by atoms with E-state index >= 15 is 0 Å². The monoisotopic (exact) mass is 561 g/mol. The van der Waals surface area contributed by atoms with Crippen molar-refractivity contribution in [1.82, 2.24) is 0 Å². The van der Waals surface area contributed by atoms with Gasteiger partial charge in [0.1, 0.15) is 5.58 Å². The van der Waals surface area contributed by atoms with Gasteiger partial charge >= 0.3 is 0 Å². The molecule has 2 aliphatic heterocycles. The molecule has 0 saturated heterocycles. The molecule has 43 heavy (non-hydrogen) atoms. The number of anilines is 6. The first-order valence-corrected chi connectivity index (χ1v) is 14.5. The number of para-hydroxylation sites is 4. The molecule has 2 aliphatic rings. The number of furan rings is 2. The summed E-state index contributed by atoms with van der Waals surface area (Å²) in [6.45, 7) is 6.15. The number of nitrogens with zero attached hydrogens (tertiary/aromatic N) is 2. The van der Waals surface area contributed by atoms with Gasteiger partial charge in [-0.2, -0.15) is 0 Å². The van der Waals surface area contributed by atoms with E-state index < -0.39 is 6.04 Å². The van der Waals surface area contributed by atoms with Crippen molar-refractivity contribution in [2.24, 2.45) is 0 Å². The topological polar surface area (TPSA) is 32.8 Å². The summed E-state index contributed by atoms with van der Waals surface area (Å²) in [5.41, 5.74) is 7.73. The van der Waals surface area contributed by atoms with Crippen LogP contribution >= 0.6 is 0 Å². The minimum absolute atomic E-state index is 0.114. The highest BCUT2D eigenvalue weighted by Gasteiger charge is 2.47. The molecule has 0 fully saturated rings. The van der Waals surface area contributed by atoms with Gasteiger partial charge in [-0.15, -0.1) is 0 Å². The number of rotatable bonds is 2. The van der Waals surface area contributed by atoms with Crippen molar-refractivity contribution in [2.75, 3.05) is 9.80 Å². The van der Waals surface area contributed by atoms with Crippen LogP contribution < -0.4 is 26.2 Å². The molecule has 0 amide bonds. The van der Waals surface area contributed by atoms with Crippen molar-refractivity contribution in [3.05, 3.63) is 127 Å². The van der Waals surface area contributed by atoms with E-state index in [0.29, 0.717) is 11.7 Å². The van der Waals surface area contributed by atoms with Crippen LogP contribution in [0.5, 0.6) is 0 Å². The molecule has 0 unspecified atom stereocenters. The zero-order chi connectivity index (χ0) is 33.2. The second kappa shape index (κ2) is 8.68. The molecule has 9 rings (SSSR count). The van der Waals surface area contributed by atoms with E-state index in [-0.39, 0.29) is 42.0 Å². The zero-order valence-electron chi connectivity index (χ0n) is 28.9. The zero-order valence-corrected chi connectivity index (χ0v) is 23.9. The molecule has 0 radical (unpaired) electrons. The summed E-state index contributed by atoms with van der Waals surface area (Å²) >= 11 is 0. The number of benzene rings is 5. The highest BCUT2D eigenvalue weighted by Crippen LogP contribution is 2.48. The van der Waals surface area contributed by atoms with Gasteiger partial charge in [-0.3, -0.25) is 4.90 Å². The summed E-state index contributed by atoms with van der Waals surface area (Å²) in [7, 11) is 0. The Morgan fingerprint density at radius 1 is 0.674 bits per heavy atom. The molecule has 0 aliphatic carbocycles. The van der Waals surface area contributed by atoms with Crippen molar-refractivity contribution >= 4 is 79.6 Å². The molecule has 7 aromatic rings. The van der Waals surface area contributed by atoms with Gasteiger partial charge in [-0.25, -0.2) is 0 Å². The van der Waals surface area contributed by atoms with Crippen molar-refractivity contribution < 1.29 is 15.7 Å². The predicted octanol–water partition coefficient (Wildman–Crippen LogP) is 8.56. The fourth-order valence-electron chi connectivity index (χ4n) is 6.81. The van der Waals surface area contributed by atoms with Crippen LogP contribution in [0.3, 0.4) is 0 Å². The van der Waals surface area contributed by atoms with E-state index in [4.69, 9.17) is 15.7 Å². The lowest BCUT2D eigenvalue weighted by atomic mass is 9.33. The quantitative estimate of drug-likeness (QED) is 0.198. The Balaban J connectivity index is 1.48. The van der Waals surface area contributed by atoms with Gasteiger partial charge in [0.2, 0.25) is 5.88 Å². The molecular weight excluding hydrogens is 527 g/mol. The Morgan fingerprint density at radius 2 is 1.37 bits per heavy atom. The summed E-state index contributed by atoms with van der Waals surface area (Å²) in [6.07, 6.45) is 0. The summed E-state index contributed by atoms with van der Waals surface area (Å²) < 4.78 is 56.8. The molecular formula is C38H29BN2O2. The van der Waals surface area contributed by atoms with Crippen molar-refractivity contribution in [1.29, 1.82) is 0 Å². The molecule has 2 aromatic heterocycles. The SMILES string of the molecule is [2H]c1c([2H])c([2H])c(N2c3ccccc3B3c4c(cc(C(C)(C)C)cc42)N(c2ccccc2)c2oc4oc5ccccc5c4c23)c([2H])c1[2H]. The van der Waals surface area contributed by atoms with Gasteiger partial charge in [0.15, 0.2) is 0 Å². The third kappa shape index (κ3) is 3.39. The van der Waals surface area contributed by atoms with E-state index in [0.717, 1.165) is 61.1 Å². The fraction of sp³-hybridized carbons (Fsp3) is 0.105. The van der Waals surface area contributed by atoms with Gasteiger partial charge in [0.05, 0.1) is 12.2 Å². The minimum atomic E-state index is -0.421. The van der Waals surface area contributed by atoms with Crippen LogP contribution in [-0.2, 0) is 5.41 Å². The van der Waals surface area contributed by atoms with Gasteiger partial charge in [0, 0.05) is 39.3 Å². The number of hydrogen-bond acceptors (Lipinski definition) is 4. The molecule has 0 bridgehead atoms. The summed E-state index contributed by atoms with van der Waals surface area (Å²) in [6, 6.07) is 28.6. The maximum atomic E-state index is 9.09. The molecule has 0 atom stereocenters. The van der Waals surface area contributed by atoms with Gasteiger partial charge in [0.25, 0.3) is 12.5 Å². The molecule has 0 N–H and O–H groups in total. The van der Waals surface area contributed by atoms with Crippen LogP contribution in [0.2, 0.25) is 0 Å². The Kier molecular flexibility index (Phi) is 4.01. The first-order chi connectivity index (χ1) is 23.1. The van der Waals surface area contributed by atoms with Crippen LogP contribution in [0.4, 0.5) is 34.3 Å². The maximum Gasteiger partial charge on any atom is 0.299 e. The van der Waals surface area contributed by atoms with Gasteiger partial charge < -0.3 is 13.7 Å². The van der Waals surface area contributed by atoms with Crippen molar-refractivity contribution in [3.63, 3.8) is 0 Å². The molecule has 206 valence electrons. The molecule has 0 saturated carbocycles. The van der Waals surface area contributed by atoms with E-state index in [1.54, 1.807) is 0 Å². The summed E-state index contributed by atoms with van der Waals surface area (Å²) in [4.78, 5) is 4.01. The summed E-state index contributed by atoms with van der Waals surface area (Å²) in [5.74, 6) is 1.11. The Labute approximate surface area is 257 Å². The Morgan fingerprint density at radius 3 is 2.16 bits per heavy atom. The van der Waals surface area contributed by atoms with E-state index in [1.165, 1.54) is 0 Å². The third-order valence-corrected chi connectivity index (χ3v) is 8.73. The van der Waals surface area contributed by atoms with E-state index in [2.05, 4.69) is 49.9 Å². The Hall–Kier alpha value is -5.16. The first kappa shape index (κ1) is 19.9. The molecule has 5 heteroatoms. The third-order valence-electron chi connectivity index (χ3n) is 8.73. The van der Waals surface area contributed by atoms with Crippen LogP contribution in [0, 0.1) is 0 Å². The van der Waals surface area contributed by atoms with E-state index in [9.17, 15) is 0 Å². The average molecular weight is 562 g/mol. The highest BCUT2D eigenvalue weighted by atomic mass is 16.5. The number of fused-ring (bicyclic) bond motifs is 8. The van der Waals surface area contributed by atoms with E-state index in [1.807, 2.05) is 71.6 Å². The lowest BCUT2D eigenvalue weighted by Crippen LogP contribution is -2.61. The second-order valence-corrected chi connectivity index (χ2v) is 12.2. The molecule has 5 aromatic carbocycles. The molecule has 4 nitrogen and oxygen atoms in total. The standard InChI is InChI=1S/C38H29BN2O2/c1-38(2,3)24-22-30-34-31(23-24)41(26-16-8-5-9-17-26)36-35(33-27-18-10-13-21-32(27)42-37(33)43-36)39(34)28-19-11-12-20-29(28)40(30)25-14-6-4-7-15-25/h4-23H,1-3H3/i4D,6D,7D,14D,15D. The lowest BCUT2D eigenvalue weighted by Gasteiger charge is -2.43. The first-order valence-electron chi connectivity index (χ1n) is 17.0. The van der Waals surface area contributed by atoms with Crippen LogP contribution in [0.1, 0.15) is 33.2 Å². The van der Waals surface area contributed by atoms with Gasteiger partial charge in [-0.05, 0) is 70.4 Å². The predicted molar refractivity (Wildman–Crippen MR) is 179 cm³/mol. The van der Waals surface area contributed by atoms with Crippen LogP contribution in [-0.4, -0.2) is 6.71 Å². The average Bonchev–Trinajstić information content (AvgIpc) is 3.63. The van der Waals surface area contributed by atoms with Crippen LogP contribution in [0.25, 0.3) is 22.1 Å². The highest BCUT2D eigenvalue weighted by molar-refractivity contribution is 7.01. The van der Waals surface area contributed by atoms with Gasteiger partial charge in [-0.1, -0.05) is 93.5 Å². The molecule has 4 heterocycles. The minimum Gasteiger partial charge on any atom is -0.425 e.